The standard InChI is InChI=1S/C14H12ClF3N2O/c1-8(2)11-12(15)19-7-20-13(11)21-10-5-3-9(4-6-10)14(16,17)18/h3-8H,1-2H3. The van der Waals surface area contributed by atoms with Crippen LogP contribution in [0.1, 0.15) is 30.9 Å². The Labute approximate surface area is 124 Å². The molecule has 2 aromatic rings. The Morgan fingerprint density at radius 1 is 1.10 bits per heavy atom. The van der Waals surface area contributed by atoms with E-state index in [1.54, 1.807) is 0 Å². The van der Waals surface area contributed by atoms with E-state index in [-0.39, 0.29) is 22.7 Å². The van der Waals surface area contributed by atoms with Crippen molar-refractivity contribution in [3.05, 3.63) is 46.9 Å². The molecule has 1 aromatic carbocycles. The van der Waals surface area contributed by atoms with E-state index in [2.05, 4.69) is 9.97 Å². The van der Waals surface area contributed by atoms with Gasteiger partial charge in [0.2, 0.25) is 5.88 Å². The minimum atomic E-state index is -4.38. The van der Waals surface area contributed by atoms with E-state index in [0.29, 0.717) is 5.56 Å². The molecule has 0 saturated heterocycles. The number of aromatic nitrogens is 2. The summed E-state index contributed by atoms with van der Waals surface area (Å²) in [6.45, 7) is 3.79. The molecule has 3 nitrogen and oxygen atoms in total. The molecule has 0 saturated carbocycles. The summed E-state index contributed by atoms with van der Waals surface area (Å²) >= 11 is 6.00. The third kappa shape index (κ3) is 3.64. The van der Waals surface area contributed by atoms with Gasteiger partial charge in [-0.1, -0.05) is 25.4 Å². The molecule has 0 fully saturated rings. The lowest BCUT2D eigenvalue weighted by Gasteiger charge is -2.13. The molecule has 0 aliphatic heterocycles. The van der Waals surface area contributed by atoms with E-state index in [9.17, 15) is 13.2 Å². The van der Waals surface area contributed by atoms with Crippen LogP contribution in [0.3, 0.4) is 0 Å². The van der Waals surface area contributed by atoms with Crippen LogP contribution in [-0.2, 0) is 6.18 Å². The van der Waals surface area contributed by atoms with Gasteiger partial charge in [-0.25, -0.2) is 9.97 Å². The van der Waals surface area contributed by atoms with Gasteiger partial charge in [-0.3, -0.25) is 0 Å². The molecule has 2 rings (SSSR count). The van der Waals surface area contributed by atoms with E-state index in [4.69, 9.17) is 16.3 Å². The van der Waals surface area contributed by atoms with Gasteiger partial charge in [0.1, 0.15) is 17.2 Å². The highest BCUT2D eigenvalue weighted by molar-refractivity contribution is 6.30. The topological polar surface area (TPSA) is 35.0 Å². The number of hydrogen-bond acceptors (Lipinski definition) is 3. The van der Waals surface area contributed by atoms with Crippen molar-refractivity contribution >= 4 is 11.6 Å². The molecule has 0 spiro atoms. The molecular weight excluding hydrogens is 305 g/mol. The maximum atomic E-state index is 12.5. The van der Waals surface area contributed by atoms with Crippen LogP contribution >= 0.6 is 11.6 Å². The summed E-state index contributed by atoms with van der Waals surface area (Å²) in [7, 11) is 0. The molecule has 0 aliphatic rings. The van der Waals surface area contributed by atoms with Crippen LogP contribution in [0.5, 0.6) is 11.6 Å². The largest absolute Gasteiger partial charge is 0.439 e. The number of rotatable bonds is 3. The molecule has 21 heavy (non-hydrogen) atoms. The van der Waals surface area contributed by atoms with Crippen LogP contribution in [0.2, 0.25) is 5.15 Å². The molecule has 0 atom stereocenters. The van der Waals surface area contributed by atoms with E-state index < -0.39 is 11.7 Å². The van der Waals surface area contributed by atoms with Crippen LogP contribution < -0.4 is 4.74 Å². The monoisotopic (exact) mass is 316 g/mol. The Kier molecular flexibility index (Phi) is 4.37. The predicted molar refractivity (Wildman–Crippen MR) is 72.6 cm³/mol. The van der Waals surface area contributed by atoms with E-state index in [0.717, 1.165) is 12.1 Å². The normalized spacial score (nSPS) is 11.8. The number of nitrogens with zero attached hydrogens (tertiary/aromatic N) is 2. The van der Waals surface area contributed by atoms with Crippen molar-refractivity contribution in [2.45, 2.75) is 25.9 Å². The Morgan fingerprint density at radius 2 is 1.71 bits per heavy atom. The SMILES string of the molecule is CC(C)c1c(Cl)ncnc1Oc1ccc(C(F)(F)F)cc1. The van der Waals surface area contributed by atoms with Gasteiger partial charge < -0.3 is 4.74 Å². The van der Waals surface area contributed by atoms with Gasteiger partial charge in [-0.05, 0) is 30.2 Å². The van der Waals surface area contributed by atoms with Crippen LogP contribution in [0.25, 0.3) is 0 Å². The van der Waals surface area contributed by atoms with E-state index >= 15 is 0 Å². The average Bonchev–Trinajstić information content (AvgIpc) is 2.38. The fourth-order valence-electron chi connectivity index (χ4n) is 1.75. The Balaban J connectivity index is 2.29. The maximum absolute atomic E-state index is 12.5. The second-order valence-electron chi connectivity index (χ2n) is 4.66. The van der Waals surface area contributed by atoms with Crippen molar-refractivity contribution in [2.75, 3.05) is 0 Å². The lowest BCUT2D eigenvalue weighted by atomic mass is 10.1. The summed E-state index contributed by atoms with van der Waals surface area (Å²) in [6.07, 6.45) is -3.13. The van der Waals surface area contributed by atoms with E-state index in [1.165, 1.54) is 18.5 Å². The summed E-state index contributed by atoms with van der Waals surface area (Å²) in [6, 6.07) is 4.38. The summed E-state index contributed by atoms with van der Waals surface area (Å²) < 4.78 is 43.0. The lowest BCUT2D eigenvalue weighted by Crippen LogP contribution is -2.04. The second-order valence-corrected chi connectivity index (χ2v) is 5.02. The summed E-state index contributed by atoms with van der Waals surface area (Å²) in [5.74, 6) is 0.507. The van der Waals surface area contributed by atoms with Gasteiger partial charge in [0.15, 0.2) is 0 Å². The first-order valence-corrected chi connectivity index (χ1v) is 6.52. The van der Waals surface area contributed by atoms with Gasteiger partial charge >= 0.3 is 6.18 Å². The zero-order valence-corrected chi connectivity index (χ0v) is 12.0. The fourth-order valence-corrected chi connectivity index (χ4v) is 2.09. The van der Waals surface area contributed by atoms with Crippen molar-refractivity contribution < 1.29 is 17.9 Å². The zero-order valence-electron chi connectivity index (χ0n) is 11.3. The van der Waals surface area contributed by atoms with Gasteiger partial charge in [0.05, 0.1) is 11.1 Å². The summed E-state index contributed by atoms with van der Waals surface area (Å²) in [5, 5.41) is 0.266. The second kappa shape index (κ2) is 5.89. The first kappa shape index (κ1) is 15.6. The predicted octanol–water partition coefficient (Wildman–Crippen LogP) is 5.06. The quantitative estimate of drug-likeness (QED) is 0.742. The van der Waals surface area contributed by atoms with Crippen LogP contribution in [0.4, 0.5) is 13.2 Å². The minimum Gasteiger partial charge on any atom is -0.439 e. The molecule has 112 valence electrons. The highest BCUT2D eigenvalue weighted by Gasteiger charge is 2.30. The van der Waals surface area contributed by atoms with Crippen molar-refractivity contribution in [1.29, 1.82) is 0 Å². The molecule has 0 radical (unpaired) electrons. The molecule has 0 bridgehead atoms. The smallest absolute Gasteiger partial charge is 0.416 e. The minimum absolute atomic E-state index is 0.0168. The lowest BCUT2D eigenvalue weighted by molar-refractivity contribution is -0.137. The first-order chi connectivity index (χ1) is 9.79. The molecule has 1 aromatic heterocycles. The molecule has 0 aliphatic carbocycles. The molecule has 0 amide bonds. The van der Waals surface area contributed by atoms with E-state index in [1.807, 2.05) is 13.8 Å². The molecule has 1 heterocycles. The maximum Gasteiger partial charge on any atom is 0.416 e. The number of hydrogen-bond donors (Lipinski definition) is 0. The molecule has 7 heteroatoms. The third-order valence-corrected chi connectivity index (χ3v) is 3.07. The summed E-state index contributed by atoms with van der Waals surface area (Å²) in [5.41, 5.74) is -0.126. The third-order valence-electron chi connectivity index (χ3n) is 2.77. The van der Waals surface area contributed by atoms with Gasteiger partial charge in [0, 0.05) is 0 Å². The van der Waals surface area contributed by atoms with Gasteiger partial charge in [-0.2, -0.15) is 13.2 Å². The van der Waals surface area contributed by atoms with Crippen molar-refractivity contribution in [2.24, 2.45) is 0 Å². The van der Waals surface area contributed by atoms with Crippen LogP contribution in [0.15, 0.2) is 30.6 Å². The van der Waals surface area contributed by atoms with Crippen LogP contribution in [0, 0.1) is 0 Å². The van der Waals surface area contributed by atoms with Crippen molar-refractivity contribution in [3.8, 4) is 11.6 Å². The number of alkyl halides is 3. The molecule has 0 N–H and O–H groups in total. The van der Waals surface area contributed by atoms with Gasteiger partial charge in [-0.15, -0.1) is 0 Å². The Bertz CT molecular complexity index is 627. The Morgan fingerprint density at radius 3 is 2.24 bits per heavy atom. The number of ether oxygens (including phenoxy) is 1. The zero-order chi connectivity index (χ0) is 15.6. The summed E-state index contributed by atoms with van der Waals surface area (Å²) in [4.78, 5) is 7.86. The Hall–Kier alpha value is -1.82. The first-order valence-electron chi connectivity index (χ1n) is 6.14. The van der Waals surface area contributed by atoms with Crippen molar-refractivity contribution in [3.63, 3.8) is 0 Å². The fraction of sp³-hybridized carbons (Fsp3) is 0.286. The average molecular weight is 317 g/mol. The van der Waals surface area contributed by atoms with Crippen LogP contribution in [-0.4, -0.2) is 9.97 Å². The number of benzene rings is 1. The molecule has 0 unspecified atom stereocenters. The van der Waals surface area contributed by atoms with Gasteiger partial charge in [0.25, 0.3) is 0 Å². The highest BCUT2D eigenvalue weighted by atomic mass is 35.5. The van der Waals surface area contributed by atoms with Crippen molar-refractivity contribution in [1.82, 2.24) is 9.97 Å². The number of halogens is 4. The molecular formula is C14H12ClF3N2O. The highest BCUT2D eigenvalue weighted by Crippen LogP contribution is 2.34.